The highest BCUT2D eigenvalue weighted by Gasteiger charge is 2.11. The van der Waals surface area contributed by atoms with Gasteiger partial charge in [-0.3, -0.25) is 0 Å². The lowest BCUT2D eigenvalue weighted by Crippen LogP contribution is -2.10. The number of hydrogen-bond donors (Lipinski definition) is 0. The summed E-state index contributed by atoms with van der Waals surface area (Å²) < 4.78 is 24.1. The molecular weight excluding hydrogens is 294 g/mol. The lowest BCUT2D eigenvalue weighted by atomic mass is 10.2. The molecule has 0 saturated heterocycles. The third-order valence-corrected chi connectivity index (χ3v) is 3.51. The predicted molar refractivity (Wildman–Crippen MR) is 63.4 cm³/mol. The van der Waals surface area contributed by atoms with Crippen molar-refractivity contribution in [1.29, 1.82) is 0 Å². The van der Waals surface area contributed by atoms with Gasteiger partial charge in [0.25, 0.3) is 10.0 Å². The zero-order chi connectivity index (χ0) is 11.8. The molecule has 0 fully saturated rings. The Hall–Kier alpha value is -1.21. The van der Waals surface area contributed by atoms with Crippen molar-refractivity contribution in [2.45, 2.75) is 0 Å². The molecule has 0 aliphatic rings. The number of halogens is 1. The van der Waals surface area contributed by atoms with E-state index < -0.39 is 10.0 Å². The molecule has 0 atom stereocenters. The fraction of sp³-hybridized carbons (Fsp3) is 0.111. The molecule has 2 rings (SSSR count). The fourth-order valence-electron chi connectivity index (χ4n) is 1.20. The third-order valence-electron chi connectivity index (χ3n) is 1.96. The van der Waals surface area contributed by atoms with Crippen molar-refractivity contribution in [3.05, 3.63) is 34.9 Å². The van der Waals surface area contributed by atoms with Crippen LogP contribution in [-0.2, 0) is 10.0 Å². The Kier molecular flexibility index (Phi) is 2.81. The van der Waals surface area contributed by atoms with Gasteiger partial charge < -0.3 is 0 Å². The molecular formula is C9H8BrN3O2S. The molecule has 0 saturated carbocycles. The summed E-state index contributed by atoms with van der Waals surface area (Å²) in [4.78, 5) is 0. The van der Waals surface area contributed by atoms with E-state index in [4.69, 9.17) is 0 Å². The third kappa shape index (κ3) is 2.14. The van der Waals surface area contributed by atoms with E-state index in [1.54, 1.807) is 0 Å². The van der Waals surface area contributed by atoms with Gasteiger partial charge in [0.15, 0.2) is 0 Å². The van der Waals surface area contributed by atoms with E-state index in [9.17, 15) is 8.42 Å². The maximum Gasteiger partial charge on any atom is 0.252 e. The second-order valence-corrected chi connectivity index (χ2v) is 5.91. The summed E-state index contributed by atoms with van der Waals surface area (Å²) in [6.45, 7) is 0. The maximum atomic E-state index is 11.2. The lowest BCUT2D eigenvalue weighted by molar-refractivity contribution is 0.583. The zero-order valence-electron chi connectivity index (χ0n) is 8.33. The van der Waals surface area contributed by atoms with Crippen LogP contribution < -0.4 is 0 Å². The van der Waals surface area contributed by atoms with E-state index in [1.165, 1.54) is 6.20 Å². The number of aromatic nitrogens is 3. The van der Waals surface area contributed by atoms with Crippen molar-refractivity contribution in [2.75, 3.05) is 6.26 Å². The van der Waals surface area contributed by atoms with Gasteiger partial charge in [-0.25, -0.2) is 8.42 Å². The van der Waals surface area contributed by atoms with Gasteiger partial charge in [0.1, 0.15) is 5.69 Å². The van der Waals surface area contributed by atoms with Crippen LogP contribution in [0, 0.1) is 0 Å². The van der Waals surface area contributed by atoms with Crippen LogP contribution in [0.4, 0.5) is 0 Å². The first kappa shape index (κ1) is 11.3. The fourth-order valence-corrected chi connectivity index (χ4v) is 2.15. The summed E-state index contributed by atoms with van der Waals surface area (Å²) in [5.41, 5.74) is 1.32. The molecule has 0 aliphatic carbocycles. The summed E-state index contributed by atoms with van der Waals surface area (Å²) in [5.74, 6) is 0. The Morgan fingerprint density at radius 1 is 1.31 bits per heavy atom. The average Bonchev–Trinajstić information content (AvgIpc) is 2.66. The number of hydrogen-bond acceptors (Lipinski definition) is 4. The minimum atomic E-state index is -3.38. The molecule has 1 aromatic carbocycles. The summed E-state index contributed by atoms with van der Waals surface area (Å²) in [5, 5.41) is 7.38. The molecule has 0 amide bonds. The van der Waals surface area contributed by atoms with Gasteiger partial charge in [-0.15, -0.1) is 9.19 Å². The van der Waals surface area contributed by atoms with Crippen LogP contribution in [0.2, 0.25) is 0 Å². The quantitative estimate of drug-likeness (QED) is 0.843. The molecule has 1 heterocycles. The largest absolute Gasteiger partial charge is 0.252 e. The first-order valence-corrected chi connectivity index (χ1v) is 7.00. The van der Waals surface area contributed by atoms with Crippen LogP contribution in [0.5, 0.6) is 0 Å². The Bertz CT molecular complexity index is 621. The van der Waals surface area contributed by atoms with E-state index in [0.717, 1.165) is 20.4 Å². The SMILES string of the molecule is CS(=O)(=O)n1cc(-c2ccccc2Br)nn1. The van der Waals surface area contributed by atoms with Crippen molar-refractivity contribution in [1.82, 2.24) is 14.4 Å². The van der Waals surface area contributed by atoms with Crippen LogP contribution in [0.1, 0.15) is 0 Å². The normalized spacial score (nSPS) is 11.6. The van der Waals surface area contributed by atoms with Gasteiger partial charge in [0.2, 0.25) is 0 Å². The van der Waals surface area contributed by atoms with Gasteiger partial charge in [-0.05, 0) is 6.07 Å². The van der Waals surface area contributed by atoms with Gasteiger partial charge >= 0.3 is 0 Å². The Balaban J connectivity index is 2.52. The number of benzene rings is 1. The second-order valence-electron chi connectivity index (χ2n) is 3.22. The predicted octanol–water partition coefficient (Wildman–Crippen LogP) is 1.52. The van der Waals surface area contributed by atoms with Crippen LogP contribution >= 0.6 is 15.9 Å². The summed E-state index contributed by atoms with van der Waals surface area (Å²) in [6.07, 6.45) is 2.46. The molecule has 0 N–H and O–H groups in total. The molecule has 1 aromatic heterocycles. The first-order chi connectivity index (χ1) is 7.48. The number of rotatable bonds is 2. The molecule has 0 unspecified atom stereocenters. The van der Waals surface area contributed by atoms with Crippen molar-refractivity contribution < 1.29 is 8.42 Å². The Morgan fingerprint density at radius 3 is 2.56 bits per heavy atom. The highest BCUT2D eigenvalue weighted by atomic mass is 79.9. The van der Waals surface area contributed by atoms with Gasteiger partial charge in [0.05, 0.1) is 12.5 Å². The van der Waals surface area contributed by atoms with E-state index in [-0.39, 0.29) is 0 Å². The standard InChI is InChI=1S/C9H8BrN3O2S/c1-16(14,15)13-6-9(11-12-13)7-4-2-3-5-8(7)10/h2-6H,1H3. The van der Waals surface area contributed by atoms with Crippen molar-refractivity contribution >= 4 is 26.0 Å². The van der Waals surface area contributed by atoms with E-state index in [0.29, 0.717) is 5.69 Å². The molecule has 0 radical (unpaired) electrons. The van der Waals surface area contributed by atoms with E-state index >= 15 is 0 Å². The van der Waals surface area contributed by atoms with Gasteiger partial charge in [-0.2, -0.15) is 0 Å². The molecule has 7 heteroatoms. The Morgan fingerprint density at radius 2 is 2.00 bits per heavy atom. The monoisotopic (exact) mass is 301 g/mol. The van der Waals surface area contributed by atoms with Crippen molar-refractivity contribution in [3.8, 4) is 11.3 Å². The van der Waals surface area contributed by atoms with E-state index in [1.807, 2.05) is 24.3 Å². The Labute approximate surface area is 101 Å². The van der Waals surface area contributed by atoms with Crippen LogP contribution in [-0.4, -0.2) is 29.1 Å². The lowest BCUT2D eigenvalue weighted by Gasteiger charge is -1.97. The number of nitrogens with zero attached hydrogens (tertiary/aromatic N) is 3. The topological polar surface area (TPSA) is 64.8 Å². The highest BCUT2D eigenvalue weighted by Crippen LogP contribution is 2.25. The molecule has 0 spiro atoms. The van der Waals surface area contributed by atoms with Crippen LogP contribution in [0.3, 0.4) is 0 Å². The molecule has 5 nitrogen and oxygen atoms in total. The smallest absolute Gasteiger partial charge is 0.205 e. The van der Waals surface area contributed by atoms with Gasteiger partial charge in [-0.1, -0.05) is 39.3 Å². The summed E-state index contributed by atoms with van der Waals surface area (Å²) in [6, 6.07) is 7.41. The molecule has 84 valence electrons. The maximum absolute atomic E-state index is 11.2. The minimum Gasteiger partial charge on any atom is -0.205 e. The summed E-state index contributed by atoms with van der Waals surface area (Å²) >= 11 is 3.37. The summed E-state index contributed by atoms with van der Waals surface area (Å²) in [7, 11) is -3.38. The van der Waals surface area contributed by atoms with Crippen molar-refractivity contribution in [3.63, 3.8) is 0 Å². The molecule has 2 aromatic rings. The van der Waals surface area contributed by atoms with Crippen LogP contribution in [0.25, 0.3) is 11.3 Å². The molecule has 0 aliphatic heterocycles. The van der Waals surface area contributed by atoms with E-state index in [2.05, 4.69) is 26.2 Å². The minimum absolute atomic E-state index is 0.512. The zero-order valence-corrected chi connectivity index (χ0v) is 10.7. The van der Waals surface area contributed by atoms with Crippen molar-refractivity contribution in [2.24, 2.45) is 0 Å². The average molecular weight is 302 g/mol. The van der Waals surface area contributed by atoms with Crippen LogP contribution in [0.15, 0.2) is 34.9 Å². The first-order valence-electron chi connectivity index (χ1n) is 4.36. The molecule has 16 heavy (non-hydrogen) atoms. The molecule has 0 bridgehead atoms. The highest BCUT2D eigenvalue weighted by molar-refractivity contribution is 9.10. The van der Waals surface area contributed by atoms with Gasteiger partial charge in [0, 0.05) is 10.0 Å². The second kappa shape index (κ2) is 3.99.